The van der Waals surface area contributed by atoms with Crippen LogP contribution in [0.15, 0.2) is 0 Å². The Kier molecular flexibility index (Phi) is 5.63. The third kappa shape index (κ3) is 7.08. The molecule has 0 spiro atoms. The maximum absolute atomic E-state index is 5.15. The Balaban J connectivity index is 3.12. The molecule has 0 aliphatic heterocycles. The monoisotopic (exact) mass is 144 g/mol. The van der Waals surface area contributed by atoms with E-state index in [0.717, 1.165) is 0 Å². The Hall–Kier alpha value is -0.920. The van der Waals surface area contributed by atoms with Crippen molar-refractivity contribution in [3.05, 3.63) is 0 Å². The van der Waals surface area contributed by atoms with E-state index in [1.54, 1.807) is 0 Å². The Bertz CT molecular complexity index is 125. The summed E-state index contributed by atoms with van der Waals surface area (Å²) in [6.07, 6.45) is 4.12. The zero-order chi connectivity index (χ0) is 7.82. The fourth-order valence-corrected chi connectivity index (χ4v) is 0.269. The molecule has 0 aromatic rings. The molecule has 0 aromatic heterocycles. The van der Waals surface area contributed by atoms with E-state index in [1.165, 1.54) is 0 Å². The van der Waals surface area contributed by atoms with Gasteiger partial charge in [-0.05, 0) is 6.92 Å². The maximum Gasteiger partial charge on any atom is 0.155 e. The summed E-state index contributed by atoms with van der Waals surface area (Å²) in [7, 11) is 0. The Morgan fingerprint density at radius 2 is 1.90 bits per heavy atom. The van der Waals surface area contributed by atoms with Crippen molar-refractivity contribution in [2.75, 3.05) is 13.2 Å². The van der Waals surface area contributed by atoms with Crippen LogP contribution in [0.5, 0.6) is 0 Å². The normalized spacial score (nSPS) is 8.40. The molecule has 0 bridgehead atoms. The van der Waals surface area contributed by atoms with Gasteiger partial charge in [0, 0.05) is 0 Å². The van der Waals surface area contributed by atoms with Crippen molar-refractivity contribution in [1.29, 1.82) is 0 Å². The summed E-state index contributed by atoms with van der Waals surface area (Å²) in [5, 5.41) is 0. The van der Waals surface area contributed by atoms with Gasteiger partial charge in [-0.2, -0.15) is 0 Å². The molecule has 0 heterocycles. The standard InChI is InChI=1S/C6H12N2O2/c1-2-9-3-4-10-5-6(7)8/h6H,2,5,7-8H2,1H3. The van der Waals surface area contributed by atoms with Gasteiger partial charge >= 0.3 is 0 Å². The molecule has 0 radical (unpaired) electrons. The summed E-state index contributed by atoms with van der Waals surface area (Å²) >= 11 is 0. The molecule has 0 aromatic carbocycles. The molecule has 0 saturated heterocycles. The first-order valence-electron chi connectivity index (χ1n) is 3.02. The van der Waals surface area contributed by atoms with Gasteiger partial charge in [-0.25, -0.2) is 0 Å². The lowest BCUT2D eigenvalue weighted by Gasteiger charge is -1.99. The zero-order valence-corrected chi connectivity index (χ0v) is 5.96. The lowest BCUT2D eigenvalue weighted by atomic mass is 10.6. The van der Waals surface area contributed by atoms with Gasteiger partial charge in [0.15, 0.2) is 12.2 Å². The highest BCUT2D eigenvalue weighted by molar-refractivity contribution is 4.80. The molecule has 10 heavy (non-hydrogen) atoms. The van der Waals surface area contributed by atoms with Crippen LogP contribution in [0.1, 0.15) is 6.92 Å². The second kappa shape index (κ2) is 6.20. The highest BCUT2D eigenvalue weighted by Gasteiger charge is 1.88. The Labute approximate surface area is 60.5 Å². The molecular weight excluding hydrogens is 132 g/mol. The molecule has 0 rings (SSSR count). The summed E-state index contributed by atoms with van der Waals surface area (Å²) in [6, 6.07) is 0. The van der Waals surface area contributed by atoms with E-state index in [4.69, 9.17) is 11.5 Å². The van der Waals surface area contributed by atoms with E-state index in [0.29, 0.717) is 6.61 Å². The average molecular weight is 144 g/mol. The first-order valence-corrected chi connectivity index (χ1v) is 3.02. The average Bonchev–Trinajstić information content (AvgIpc) is 1.87. The maximum atomic E-state index is 5.15. The molecular formula is C6H12N2O2. The van der Waals surface area contributed by atoms with E-state index >= 15 is 0 Å². The minimum atomic E-state index is -0.476. The van der Waals surface area contributed by atoms with Gasteiger partial charge in [-0.3, -0.25) is 0 Å². The number of rotatable bonds is 3. The van der Waals surface area contributed by atoms with Crippen LogP contribution in [0.2, 0.25) is 0 Å². The van der Waals surface area contributed by atoms with Crippen LogP contribution in [0, 0.1) is 12.2 Å². The Morgan fingerprint density at radius 1 is 1.30 bits per heavy atom. The topological polar surface area (TPSA) is 70.5 Å². The third-order valence-corrected chi connectivity index (χ3v) is 0.606. The lowest BCUT2D eigenvalue weighted by Crippen LogP contribution is -2.34. The number of hydrogen-bond acceptors (Lipinski definition) is 4. The van der Waals surface area contributed by atoms with Gasteiger partial charge in [0.1, 0.15) is 6.61 Å². The highest BCUT2D eigenvalue weighted by Crippen LogP contribution is 1.71. The summed E-state index contributed by atoms with van der Waals surface area (Å²) in [6.45, 7) is 2.61. The van der Waals surface area contributed by atoms with Gasteiger partial charge in [0.2, 0.25) is 0 Å². The molecule has 0 unspecified atom stereocenters. The number of hydrogen-bond donors (Lipinski definition) is 2. The molecule has 4 heteroatoms. The van der Waals surface area contributed by atoms with Crippen LogP contribution in [0.4, 0.5) is 0 Å². The lowest BCUT2D eigenvalue weighted by molar-refractivity contribution is 0.240. The molecule has 0 atom stereocenters. The largest absolute Gasteiger partial charge is 0.445 e. The van der Waals surface area contributed by atoms with Crippen LogP contribution in [-0.4, -0.2) is 19.4 Å². The summed E-state index contributed by atoms with van der Waals surface area (Å²) in [4.78, 5) is 0. The highest BCUT2D eigenvalue weighted by atomic mass is 16.5. The molecule has 0 aliphatic carbocycles. The summed E-state index contributed by atoms with van der Waals surface area (Å²) < 4.78 is 9.31. The van der Waals surface area contributed by atoms with E-state index in [9.17, 15) is 0 Å². The summed E-state index contributed by atoms with van der Waals surface area (Å²) in [5.74, 6) is 0. The van der Waals surface area contributed by atoms with Crippen LogP contribution in [0.3, 0.4) is 0 Å². The van der Waals surface area contributed by atoms with E-state index in [2.05, 4.69) is 21.7 Å². The SMILES string of the molecule is CCOC#COCC(N)N. The molecule has 0 amide bonds. The third-order valence-electron chi connectivity index (χ3n) is 0.606. The molecule has 4 N–H and O–H groups in total. The molecule has 0 aliphatic rings. The second-order valence-electron chi connectivity index (χ2n) is 1.61. The van der Waals surface area contributed by atoms with Gasteiger partial charge in [0.05, 0.1) is 12.8 Å². The predicted octanol–water partition coefficient (Wildman–Crippen LogP) is -0.799. The van der Waals surface area contributed by atoms with Crippen molar-refractivity contribution < 1.29 is 9.47 Å². The van der Waals surface area contributed by atoms with Crippen LogP contribution >= 0.6 is 0 Å². The van der Waals surface area contributed by atoms with Gasteiger partial charge in [-0.1, -0.05) is 0 Å². The first kappa shape index (κ1) is 9.08. The van der Waals surface area contributed by atoms with E-state index < -0.39 is 6.17 Å². The molecule has 58 valence electrons. The second-order valence-corrected chi connectivity index (χ2v) is 1.61. The number of nitrogens with two attached hydrogens (primary N) is 2. The first-order chi connectivity index (χ1) is 4.77. The van der Waals surface area contributed by atoms with Gasteiger partial charge in [0.25, 0.3) is 0 Å². The van der Waals surface area contributed by atoms with Crippen molar-refractivity contribution in [3.63, 3.8) is 0 Å². The van der Waals surface area contributed by atoms with Gasteiger partial charge < -0.3 is 20.9 Å². The number of ether oxygens (including phenoxy) is 2. The fraction of sp³-hybridized carbons (Fsp3) is 0.667. The molecule has 0 saturated carbocycles. The van der Waals surface area contributed by atoms with Crippen molar-refractivity contribution in [3.8, 4) is 12.2 Å². The van der Waals surface area contributed by atoms with Crippen LogP contribution in [-0.2, 0) is 9.47 Å². The van der Waals surface area contributed by atoms with Crippen molar-refractivity contribution >= 4 is 0 Å². The summed E-state index contributed by atoms with van der Waals surface area (Å²) in [5.41, 5.74) is 10.3. The molecule has 0 fully saturated rings. The van der Waals surface area contributed by atoms with Gasteiger partial charge in [-0.15, -0.1) is 0 Å². The van der Waals surface area contributed by atoms with Crippen molar-refractivity contribution in [1.82, 2.24) is 0 Å². The minimum absolute atomic E-state index is 0.222. The quantitative estimate of drug-likeness (QED) is 0.402. The van der Waals surface area contributed by atoms with Crippen LogP contribution < -0.4 is 11.5 Å². The van der Waals surface area contributed by atoms with Crippen LogP contribution in [0.25, 0.3) is 0 Å². The smallest absolute Gasteiger partial charge is 0.155 e. The van der Waals surface area contributed by atoms with Crippen molar-refractivity contribution in [2.45, 2.75) is 13.1 Å². The predicted molar refractivity (Wildman–Crippen MR) is 37.5 cm³/mol. The van der Waals surface area contributed by atoms with E-state index in [1.807, 2.05) is 6.92 Å². The van der Waals surface area contributed by atoms with E-state index in [-0.39, 0.29) is 6.61 Å². The minimum Gasteiger partial charge on any atom is -0.445 e. The Morgan fingerprint density at radius 3 is 2.40 bits per heavy atom. The molecule has 4 nitrogen and oxygen atoms in total. The zero-order valence-electron chi connectivity index (χ0n) is 5.96. The van der Waals surface area contributed by atoms with Crippen molar-refractivity contribution in [2.24, 2.45) is 11.5 Å². The fourth-order valence-electron chi connectivity index (χ4n) is 0.269.